The van der Waals surface area contributed by atoms with Gasteiger partial charge in [0.2, 0.25) is 0 Å². The van der Waals surface area contributed by atoms with Crippen LogP contribution in [0.25, 0.3) is 0 Å². The first-order valence-corrected chi connectivity index (χ1v) is 22.7. The van der Waals surface area contributed by atoms with Gasteiger partial charge in [0.15, 0.2) is 0 Å². The van der Waals surface area contributed by atoms with Crippen LogP contribution in [0.5, 0.6) is 0 Å². The second-order valence-corrected chi connectivity index (χ2v) is 25.0. The molecule has 0 saturated carbocycles. The van der Waals surface area contributed by atoms with Crippen molar-refractivity contribution in [3.05, 3.63) is 35.9 Å². The fourth-order valence-corrected chi connectivity index (χ4v) is 24.7. The molecule has 4 nitrogen and oxygen atoms in total. The van der Waals surface area contributed by atoms with E-state index in [4.69, 9.17) is 4.74 Å². The molecule has 0 aromatic heterocycles. The number of benzene rings is 1. The van der Waals surface area contributed by atoms with E-state index in [0.717, 1.165) is 19.6 Å². The Balaban J connectivity index is 2.69. The van der Waals surface area contributed by atoms with Gasteiger partial charge < -0.3 is 0 Å². The van der Waals surface area contributed by atoms with Crippen molar-refractivity contribution < 1.29 is 9.53 Å². The Labute approximate surface area is 228 Å². The van der Waals surface area contributed by atoms with E-state index in [2.05, 4.69) is 57.0 Å². The standard InChI is InChI=1S/C19H31N2O2.3C4H9.Sn/c1-20(2)19(22)21(3)15-11-6-4-5-7-12-16-23-17-18-13-9-8-10-14-18;3*1-3-4-2;/h8-10,13-15H,4-7,11-12,16-17H2,1-3H3;3*1,3-4H2,2H3;. The van der Waals surface area contributed by atoms with Gasteiger partial charge in [-0.2, -0.15) is 0 Å². The molecule has 2 amide bonds. The van der Waals surface area contributed by atoms with E-state index in [1.54, 1.807) is 4.90 Å². The molecule has 1 atom stereocenters. The van der Waals surface area contributed by atoms with E-state index in [-0.39, 0.29) is 6.03 Å². The van der Waals surface area contributed by atoms with Gasteiger partial charge >= 0.3 is 211 Å². The summed E-state index contributed by atoms with van der Waals surface area (Å²) in [6, 6.07) is 10.7. The molecule has 0 radical (unpaired) electrons. The Morgan fingerprint density at radius 1 is 0.778 bits per heavy atom. The van der Waals surface area contributed by atoms with Gasteiger partial charge in [-0.1, -0.05) is 18.2 Å². The first-order valence-electron chi connectivity index (χ1n) is 15.0. The molecule has 0 aliphatic carbocycles. The van der Waals surface area contributed by atoms with E-state index < -0.39 is 18.4 Å². The summed E-state index contributed by atoms with van der Waals surface area (Å²) in [5.74, 6) is 0. The molecule has 208 valence electrons. The zero-order chi connectivity index (χ0) is 26.7. The summed E-state index contributed by atoms with van der Waals surface area (Å²) in [4.78, 5) is 17.2. The van der Waals surface area contributed by atoms with Crippen LogP contribution < -0.4 is 0 Å². The zero-order valence-corrected chi connectivity index (χ0v) is 27.5. The minimum atomic E-state index is -2.57. The molecule has 1 unspecified atom stereocenters. The molecule has 0 aliphatic rings. The number of nitrogens with zero attached hydrogens (tertiary/aromatic N) is 2. The van der Waals surface area contributed by atoms with Crippen molar-refractivity contribution >= 4 is 24.4 Å². The van der Waals surface area contributed by atoms with Crippen LogP contribution in [0, 0.1) is 0 Å². The van der Waals surface area contributed by atoms with E-state index >= 15 is 0 Å². The Kier molecular flexibility index (Phi) is 18.7. The molecule has 1 aromatic carbocycles. The van der Waals surface area contributed by atoms with Crippen LogP contribution in [0.15, 0.2) is 30.3 Å². The summed E-state index contributed by atoms with van der Waals surface area (Å²) in [5.41, 5.74) is 1.25. The van der Waals surface area contributed by atoms with E-state index in [1.165, 1.54) is 89.5 Å². The number of carbonyl (C=O) groups is 1. The minimum absolute atomic E-state index is 0.209. The molecule has 0 heterocycles. The number of urea groups is 1. The summed E-state index contributed by atoms with van der Waals surface area (Å²) in [7, 11) is 5.95. The molecule has 0 saturated heterocycles. The SMILES string of the molecule is CCC[CH2][Sn]([CH2]CCC)([CH2]CCC)[CH](CCCCCCCOCc1ccccc1)N(C)C(=O)N(C)C. The average molecular weight is 610 g/mol. The molecular formula is C31H58N2O2Sn. The van der Waals surface area contributed by atoms with Gasteiger partial charge in [0.05, 0.1) is 0 Å². The molecule has 1 aromatic rings. The topological polar surface area (TPSA) is 32.8 Å². The van der Waals surface area contributed by atoms with Crippen LogP contribution in [0.3, 0.4) is 0 Å². The maximum atomic E-state index is 13.2. The summed E-state index contributed by atoms with van der Waals surface area (Å²) < 4.78 is 10.8. The van der Waals surface area contributed by atoms with Crippen molar-refractivity contribution in [1.29, 1.82) is 0 Å². The van der Waals surface area contributed by atoms with Crippen molar-refractivity contribution in [2.75, 3.05) is 27.7 Å². The third-order valence-corrected chi connectivity index (χ3v) is 25.3. The average Bonchev–Trinajstić information content (AvgIpc) is 2.89. The van der Waals surface area contributed by atoms with Gasteiger partial charge in [-0.3, -0.25) is 0 Å². The van der Waals surface area contributed by atoms with Gasteiger partial charge in [-0.25, -0.2) is 0 Å². The molecule has 0 bridgehead atoms. The van der Waals surface area contributed by atoms with Crippen molar-refractivity contribution in [3.8, 4) is 0 Å². The molecule has 0 spiro atoms. The fourth-order valence-electron chi connectivity index (χ4n) is 5.66. The predicted octanol–water partition coefficient (Wildman–Crippen LogP) is 8.91. The fraction of sp³-hybridized carbons (Fsp3) is 0.774. The summed E-state index contributed by atoms with van der Waals surface area (Å²) in [5, 5.41) is 0. The maximum absolute atomic E-state index is 13.2. The van der Waals surface area contributed by atoms with Gasteiger partial charge in [-0.15, -0.1) is 0 Å². The first kappa shape index (κ1) is 33.3. The number of hydrogen-bond donors (Lipinski definition) is 0. The summed E-state index contributed by atoms with van der Waals surface area (Å²) >= 11 is -2.57. The normalized spacial score (nSPS) is 12.5. The summed E-state index contributed by atoms with van der Waals surface area (Å²) in [6.07, 6.45) is 15.3. The van der Waals surface area contributed by atoms with Crippen LogP contribution in [0.1, 0.15) is 103 Å². The van der Waals surface area contributed by atoms with Crippen molar-refractivity contribution in [1.82, 2.24) is 9.80 Å². The van der Waals surface area contributed by atoms with E-state index in [9.17, 15) is 4.79 Å². The monoisotopic (exact) mass is 610 g/mol. The van der Waals surface area contributed by atoms with Gasteiger partial charge in [-0.05, 0) is 0 Å². The molecular weight excluding hydrogens is 551 g/mol. The van der Waals surface area contributed by atoms with Crippen LogP contribution in [0.2, 0.25) is 13.3 Å². The molecule has 0 fully saturated rings. The number of amides is 2. The van der Waals surface area contributed by atoms with Crippen LogP contribution in [-0.4, -0.2) is 66.0 Å². The van der Waals surface area contributed by atoms with E-state index in [0.29, 0.717) is 4.06 Å². The predicted molar refractivity (Wildman–Crippen MR) is 159 cm³/mol. The molecule has 0 aliphatic heterocycles. The Morgan fingerprint density at radius 2 is 1.31 bits per heavy atom. The molecule has 5 heteroatoms. The number of rotatable bonds is 21. The number of ether oxygens (including phenoxy) is 1. The first-order chi connectivity index (χ1) is 17.4. The third kappa shape index (κ3) is 12.7. The van der Waals surface area contributed by atoms with Crippen molar-refractivity contribution in [2.24, 2.45) is 0 Å². The van der Waals surface area contributed by atoms with Crippen molar-refractivity contribution in [3.63, 3.8) is 0 Å². The van der Waals surface area contributed by atoms with Gasteiger partial charge in [0, 0.05) is 0 Å². The van der Waals surface area contributed by atoms with Gasteiger partial charge in [0.1, 0.15) is 0 Å². The van der Waals surface area contributed by atoms with Crippen molar-refractivity contribution in [2.45, 2.75) is 122 Å². The van der Waals surface area contributed by atoms with Crippen LogP contribution in [0.4, 0.5) is 4.79 Å². The summed E-state index contributed by atoms with van der Waals surface area (Å²) in [6.45, 7) is 8.58. The Morgan fingerprint density at radius 3 is 1.83 bits per heavy atom. The molecule has 0 N–H and O–H groups in total. The zero-order valence-electron chi connectivity index (χ0n) is 24.7. The molecule has 36 heavy (non-hydrogen) atoms. The second-order valence-electron chi connectivity index (χ2n) is 11.1. The third-order valence-electron chi connectivity index (χ3n) is 7.82. The Bertz CT molecular complexity index is 646. The number of unbranched alkanes of at least 4 members (excludes halogenated alkanes) is 7. The second kappa shape index (κ2) is 20.2. The van der Waals surface area contributed by atoms with Crippen LogP contribution in [-0.2, 0) is 11.3 Å². The van der Waals surface area contributed by atoms with E-state index in [1.807, 2.05) is 20.2 Å². The number of hydrogen-bond acceptors (Lipinski definition) is 2. The van der Waals surface area contributed by atoms with Gasteiger partial charge in [0.25, 0.3) is 0 Å². The Hall–Kier alpha value is -0.751. The quantitative estimate of drug-likeness (QED) is 0.103. The molecule has 1 rings (SSSR count). The van der Waals surface area contributed by atoms with Crippen LogP contribution >= 0.6 is 0 Å². The number of carbonyl (C=O) groups excluding carboxylic acids is 1.